The standard InChI is InChI=1S/C16H22Cl3NOS2/c17-10-3-1-2-9(6-10)12-8-15(22-16(12)19)23-20-11-4-5-13(18)14(21)7-11/h4,6,9,12-16,20-21H,1-3,5,7-8H2. The summed E-state index contributed by atoms with van der Waals surface area (Å²) in [6.45, 7) is 0. The maximum atomic E-state index is 9.85. The third-order valence-corrected chi connectivity index (χ3v) is 8.72. The summed E-state index contributed by atoms with van der Waals surface area (Å²) in [4.78, 5) is 0. The van der Waals surface area contributed by atoms with E-state index in [1.807, 2.05) is 11.8 Å². The Morgan fingerprint density at radius 3 is 2.91 bits per heavy atom. The molecule has 3 aliphatic rings. The minimum atomic E-state index is -0.455. The van der Waals surface area contributed by atoms with Crippen LogP contribution in [-0.2, 0) is 0 Å². The maximum Gasteiger partial charge on any atom is 0.0835 e. The molecular formula is C16H22Cl3NOS2. The van der Waals surface area contributed by atoms with Crippen molar-refractivity contribution in [3.63, 3.8) is 0 Å². The number of aliphatic hydroxyl groups is 1. The zero-order valence-electron chi connectivity index (χ0n) is 12.8. The molecule has 0 saturated carbocycles. The van der Waals surface area contributed by atoms with Crippen LogP contribution in [-0.4, -0.2) is 25.9 Å². The molecule has 2 aliphatic carbocycles. The molecule has 0 amide bonds. The van der Waals surface area contributed by atoms with Crippen LogP contribution in [0.15, 0.2) is 22.9 Å². The minimum absolute atomic E-state index is 0.149. The highest BCUT2D eigenvalue weighted by molar-refractivity contribution is 8.17. The van der Waals surface area contributed by atoms with Gasteiger partial charge in [-0.2, -0.15) is 0 Å². The highest BCUT2D eigenvalue weighted by Gasteiger charge is 2.39. The van der Waals surface area contributed by atoms with Gasteiger partial charge in [-0.1, -0.05) is 23.8 Å². The molecule has 2 N–H and O–H groups in total. The number of hydrogen-bond donors (Lipinski definition) is 2. The third kappa shape index (κ3) is 4.92. The van der Waals surface area contributed by atoms with Crippen LogP contribution in [0.2, 0.25) is 0 Å². The smallest absolute Gasteiger partial charge is 0.0835 e. The summed E-state index contributed by atoms with van der Waals surface area (Å²) < 4.78 is 3.99. The number of alkyl halides is 2. The molecule has 6 unspecified atom stereocenters. The zero-order chi connectivity index (χ0) is 16.4. The van der Waals surface area contributed by atoms with E-state index in [2.05, 4.69) is 16.9 Å². The molecule has 1 saturated heterocycles. The fourth-order valence-electron chi connectivity index (χ4n) is 3.39. The fourth-order valence-corrected chi connectivity index (χ4v) is 7.34. The molecule has 1 fully saturated rings. The molecule has 3 rings (SSSR count). The lowest BCUT2D eigenvalue weighted by Crippen LogP contribution is -2.27. The van der Waals surface area contributed by atoms with Crippen molar-refractivity contribution in [2.45, 2.75) is 59.3 Å². The molecule has 1 aliphatic heterocycles. The van der Waals surface area contributed by atoms with E-state index >= 15 is 0 Å². The third-order valence-electron chi connectivity index (χ3n) is 4.74. The second-order valence-corrected chi connectivity index (χ2v) is 10.9. The van der Waals surface area contributed by atoms with Crippen molar-refractivity contribution in [3.05, 3.63) is 22.9 Å². The number of halogens is 3. The van der Waals surface area contributed by atoms with Crippen LogP contribution in [0.5, 0.6) is 0 Å². The molecule has 130 valence electrons. The van der Waals surface area contributed by atoms with Gasteiger partial charge in [-0.25, -0.2) is 0 Å². The van der Waals surface area contributed by atoms with Crippen LogP contribution < -0.4 is 4.72 Å². The molecule has 0 aromatic carbocycles. The van der Waals surface area contributed by atoms with Crippen molar-refractivity contribution in [1.29, 1.82) is 0 Å². The molecule has 0 radical (unpaired) electrons. The Morgan fingerprint density at radius 2 is 2.17 bits per heavy atom. The average Bonchev–Trinajstić information content (AvgIpc) is 2.89. The van der Waals surface area contributed by atoms with Crippen molar-refractivity contribution in [2.24, 2.45) is 11.8 Å². The molecule has 23 heavy (non-hydrogen) atoms. The van der Waals surface area contributed by atoms with E-state index in [0.29, 0.717) is 22.8 Å². The van der Waals surface area contributed by atoms with Gasteiger partial charge in [0.05, 0.1) is 20.8 Å². The van der Waals surface area contributed by atoms with E-state index in [4.69, 9.17) is 34.8 Å². The molecule has 2 nitrogen and oxygen atoms in total. The van der Waals surface area contributed by atoms with E-state index in [-0.39, 0.29) is 10.1 Å². The van der Waals surface area contributed by atoms with E-state index in [0.717, 1.165) is 30.0 Å². The van der Waals surface area contributed by atoms with Crippen molar-refractivity contribution >= 4 is 58.5 Å². The molecule has 0 aromatic heterocycles. The first-order valence-corrected chi connectivity index (χ1v) is 11.2. The van der Waals surface area contributed by atoms with Crippen molar-refractivity contribution < 1.29 is 5.11 Å². The Kier molecular flexibility index (Phi) is 6.84. The van der Waals surface area contributed by atoms with Crippen LogP contribution in [0, 0.1) is 11.8 Å². The van der Waals surface area contributed by atoms with Crippen LogP contribution in [0.1, 0.15) is 38.5 Å². The van der Waals surface area contributed by atoms with Crippen LogP contribution in [0.4, 0.5) is 0 Å². The summed E-state index contributed by atoms with van der Waals surface area (Å²) in [5, 5.41) is 10.7. The first kappa shape index (κ1) is 18.6. The van der Waals surface area contributed by atoms with Crippen molar-refractivity contribution in [2.75, 3.05) is 0 Å². The largest absolute Gasteiger partial charge is 0.391 e. The molecule has 1 heterocycles. The van der Waals surface area contributed by atoms with Gasteiger partial charge in [-0.15, -0.1) is 35.0 Å². The number of allylic oxidation sites excluding steroid dienone is 3. The van der Waals surface area contributed by atoms with Crippen LogP contribution >= 0.6 is 58.5 Å². The molecule has 0 bridgehead atoms. The highest BCUT2D eigenvalue weighted by Crippen LogP contribution is 2.50. The zero-order valence-corrected chi connectivity index (χ0v) is 16.7. The van der Waals surface area contributed by atoms with Gasteiger partial charge in [-0.3, -0.25) is 0 Å². The lowest BCUT2D eigenvalue weighted by Gasteiger charge is -2.26. The number of rotatable bonds is 4. The average molecular weight is 415 g/mol. The number of thioether (sulfide) groups is 1. The van der Waals surface area contributed by atoms with Gasteiger partial charge in [0.2, 0.25) is 0 Å². The van der Waals surface area contributed by atoms with Crippen molar-refractivity contribution in [3.8, 4) is 0 Å². The summed E-state index contributed by atoms with van der Waals surface area (Å²) in [5.41, 5.74) is 1.08. The minimum Gasteiger partial charge on any atom is -0.391 e. The predicted octanol–water partition coefficient (Wildman–Crippen LogP) is 5.44. The summed E-state index contributed by atoms with van der Waals surface area (Å²) in [6, 6.07) is 0. The van der Waals surface area contributed by atoms with E-state index in [1.54, 1.807) is 11.9 Å². The second-order valence-electron chi connectivity index (χ2n) is 6.46. The van der Waals surface area contributed by atoms with E-state index < -0.39 is 6.10 Å². The second kappa shape index (κ2) is 8.46. The van der Waals surface area contributed by atoms with Gasteiger partial charge in [0.1, 0.15) is 0 Å². The fraction of sp³-hybridized carbons (Fsp3) is 0.750. The molecule has 0 aromatic rings. The highest BCUT2D eigenvalue weighted by atomic mass is 35.5. The first-order chi connectivity index (χ1) is 11.0. The molecule has 6 atom stereocenters. The number of nitrogens with one attached hydrogen (secondary N) is 1. The lowest BCUT2D eigenvalue weighted by atomic mass is 9.84. The Balaban J connectivity index is 1.50. The monoisotopic (exact) mass is 413 g/mol. The molecular weight excluding hydrogens is 393 g/mol. The van der Waals surface area contributed by atoms with E-state index in [1.165, 1.54) is 12.8 Å². The van der Waals surface area contributed by atoms with Crippen LogP contribution in [0.25, 0.3) is 0 Å². The summed E-state index contributed by atoms with van der Waals surface area (Å²) in [7, 11) is 0. The summed E-state index contributed by atoms with van der Waals surface area (Å²) in [6.07, 6.45) is 9.67. The van der Waals surface area contributed by atoms with E-state index in [9.17, 15) is 5.11 Å². The normalized spacial score (nSPS) is 41.4. The number of aliphatic hydroxyl groups excluding tert-OH is 1. The lowest BCUT2D eigenvalue weighted by molar-refractivity contribution is 0.163. The SMILES string of the molecule is OC1CC(NSC2CC(C3C=C(Cl)CCC3)C(Cl)S2)=CCC1Cl. The summed E-state index contributed by atoms with van der Waals surface area (Å²) in [5.74, 6) is 1.01. The Bertz CT molecular complexity index is 488. The maximum absolute atomic E-state index is 9.85. The quantitative estimate of drug-likeness (QED) is 0.474. The topological polar surface area (TPSA) is 32.3 Å². The van der Waals surface area contributed by atoms with Gasteiger partial charge >= 0.3 is 0 Å². The predicted molar refractivity (Wildman–Crippen MR) is 104 cm³/mol. The van der Waals surface area contributed by atoms with Gasteiger partial charge in [0.15, 0.2) is 0 Å². The molecule has 0 spiro atoms. The number of hydrogen-bond acceptors (Lipinski definition) is 4. The van der Waals surface area contributed by atoms with Crippen LogP contribution in [0.3, 0.4) is 0 Å². The Labute approximate surface area is 161 Å². The Hall–Kier alpha value is 0.810. The molecule has 7 heteroatoms. The summed E-state index contributed by atoms with van der Waals surface area (Å²) >= 11 is 22.4. The van der Waals surface area contributed by atoms with Gasteiger partial charge in [0.25, 0.3) is 0 Å². The first-order valence-electron chi connectivity index (χ1n) is 8.11. The Morgan fingerprint density at radius 1 is 1.35 bits per heavy atom. The van der Waals surface area contributed by atoms with Crippen molar-refractivity contribution in [1.82, 2.24) is 4.72 Å². The van der Waals surface area contributed by atoms with Gasteiger partial charge in [-0.05, 0) is 55.9 Å². The van der Waals surface area contributed by atoms with Gasteiger partial charge < -0.3 is 9.83 Å². The van der Waals surface area contributed by atoms with Gasteiger partial charge in [0, 0.05) is 17.2 Å².